The number of aromatic nitrogens is 2. The summed E-state index contributed by atoms with van der Waals surface area (Å²) in [6, 6.07) is 5.51. The van der Waals surface area contributed by atoms with Crippen LogP contribution >= 0.6 is 0 Å². The first-order chi connectivity index (χ1) is 12.2. The molecule has 1 saturated heterocycles. The summed E-state index contributed by atoms with van der Waals surface area (Å²) >= 11 is 0. The zero-order chi connectivity index (χ0) is 17.2. The maximum Gasteiger partial charge on any atom is 0.254 e. The average molecular weight is 338 g/mol. The van der Waals surface area contributed by atoms with Gasteiger partial charge in [-0.05, 0) is 37.0 Å². The van der Waals surface area contributed by atoms with Crippen LogP contribution in [0.25, 0.3) is 11.0 Å². The summed E-state index contributed by atoms with van der Waals surface area (Å²) < 4.78 is 0. The van der Waals surface area contributed by atoms with Crippen molar-refractivity contribution in [2.24, 2.45) is 5.92 Å². The van der Waals surface area contributed by atoms with Crippen molar-refractivity contribution in [1.82, 2.24) is 19.8 Å². The molecule has 6 nitrogen and oxygen atoms in total. The van der Waals surface area contributed by atoms with Gasteiger partial charge >= 0.3 is 0 Å². The van der Waals surface area contributed by atoms with Crippen molar-refractivity contribution in [3.63, 3.8) is 0 Å². The minimum Gasteiger partial charge on any atom is -0.345 e. The second-order valence-electron chi connectivity index (χ2n) is 6.78. The van der Waals surface area contributed by atoms with Crippen LogP contribution in [0, 0.1) is 5.92 Å². The average Bonchev–Trinajstić information content (AvgIpc) is 3.32. The summed E-state index contributed by atoms with van der Waals surface area (Å²) in [5.74, 6) is 0.623. The summed E-state index contributed by atoms with van der Waals surface area (Å²) in [4.78, 5) is 36.0. The van der Waals surface area contributed by atoms with Gasteiger partial charge in [-0.2, -0.15) is 0 Å². The zero-order valence-corrected chi connectivity index (χ0v) is 14.1. The van der Waals surface area contributed by atoms with Gasteiger partial charge in [-0.3, -0.25) is 9.59 Å². The quantitative estimate of drug-likeness (QED) is 0.872. The van der Waals surface area contributed by atoms with E-state index in [1.54, 1.807) is 6.33 Å². The van der Waals surface area contributed by atoms with E-state index in [4.69, 9.17) is 0 Å². The van der Waals surface area contributed by atoms with Crippen molar-refractivity contribution in [3.05, 3.63) is 42.2 Å². The Bertz CT molecular complexity index is 818. The van der Waals surface area contributed by atoms with E-state index in [1.165, 1.54) is 0 Å². The van der Waals surface area contributed by atoms with Crippen LogP contribution < -0.4 is 0 Å². The highest BCUT2D eigenvalue weighted by Crippen LogP contribution is 2.22. The highest BCUT2D eigenvalue weighted by atomic mass is 16.2. The SMILES string of the molecule is O=C(C[C@H]1C=CCC1)N1CCN(C(=O)c2ccc3nc[nH]c3c2)CC1. The van der Waals surface area contributed by atoms with Crippen molar-refractivity contribution >= 4 is 22.8 Å². The van der Waals surface area contributed by atoms with Crippen LogP contribution in [0.15, 0.2) is 36.7 Å². The van der Waals surface area contributed by atoms with Gasteiger partial charge in [0.25, 0.3) is 5.91 Å². The Morgan fingerprint density at radius 1 is 1.16 bits per heavy atom. The Morgan fingerprint density at radius 3 is 2.72 bits per heavy atom. The lowest BCUT2D eigenvalue weighted by molar-refractivity contribution is -0.133. The van der Waals surface area contributed by atoms with Crippen LogP contribution in [-0.2, 0) is 4.79 Å². The molecule has 6 heteroatoms. The molecular weight excluding hydrogens is 316 g/mol. The molecule has 1 aromatic carbocycles. The van der Waals surface area contributed by atoms with E-state index >= 15 is 0 Å². The Kier molecular flexibility index (Phi) is 4.26. The fourth-order valence-corrected chi connectivity index (χ4v) is 3.63. The predicted octanol–water partition coefficient (Wildman–Crippen LogP) is 2.20. The number of carbonyl (C=O) groups excluding carboxylic acids is 2. The highest BCUT2D eigenvalue weighted by molar-refractivity contribution is 5.97. The summed E-state index contributed by atoms with van der Waals surface area (Å²) in [7, 11) is 0. The number of benzene rings is 1. The number of rotatable bonds is 3. The number of amides is 2. The molecule has 1 aliphatic heterocycles. The van der Waals surface area contributed by atoms with E-state index in [-0.39, 0.29) is 11.8 Å². The normalized spacial score (nSPS) is 20.4. The molecule has 2 amide bonds. The maximum absolute atomic E-state index is 12.7. The lowest BCUT2D eigenvalue weighted by Gasteiger charge is -2.35. The molecular formula is C19H22N4O2. The zero-order valence-electron chi connectivity index (χ0n) is 14.1. The van der Waals surface area contributed by atoms with E-state index in [2.05, 4.69) is 22.1 Å². The van der Waals surface area contributed by atoms with Gasteiger partial charge in [0, 0.05) is 38.2 Å². The van der Waals surface area contributed by atoms with Gasteiger partial charge in [0.05, 0.1) is 17.4 Å². The molecule has 130 valence electrons. The van der Waals surface area contributed by atoms with Crippen molar-refractivity contribution < 1.29 is 9.59 Å². The van der Waals surface area contributed by atoms with Crippen molar-refractivity contribution in [2.75, 3.05) is 26.2 Å². The Morgan fingerprint density at radius 2 is 1.96 bits per heavy atom. The molecule has 0 radical (unpaired) electrons. The first kappa shape index (κ1) is 15.9. The lowest BCUT2D eigenvalue weighted by Crippen LogP contribution is -2.50. The Balaban J connectivity index is 1.35. The van der Waals surface area contributed by atoms with Crippen LogP contribution in [0.3, 0.4) is 0 Å². The van der Waals surface area contributed by atoms with E-state index in [0.29, 0.717) is 44.1 Å². The number of nitrogens with one attached hydrogen (secondary N) is 1. The third-order valence-electron chi connectivity index (χ3n) is 5.14. The highest BCUT2D eigenvalue weighted by Gasteiger charge is 2.26. The molecule has 0 unspecified atom stereocenters. The number of imidazole rings is 1. The standard InChI is InChI=1S/C19H22N4O2/c24-18(11-14-3-1-2-4-14)22-7-9-23(10-8-22)19(25)15-5-6-16-17(12-15)21-13-20-16/h1,3,5-6,12-14H,2,4,7-11H2,(H,20,21)/t14-/m0/s1. The number of H-pyrrole nitrogens is 1. The Labute approximate surface area is 146 Å². The summed E-state index contributed by atoms with van der Waals surface area (Å²) in [5, 5.41) is 0. The molecule has 2 aliphatic rings. The first-order valence-corrected chi connectivity index (χ1v) is 8.87. The number of allylic oxidation sites excluding steroid dienone is 2. The molecule has 1 aromatic heterocycles. The van der Waals surface area contributed by atoms with Crippen molar-refractivity contribution in [2.45, 2.75) is 19.3 Å². The predicted molar refractivity (Wildman–Crippen MR) is 95.1 cm³/mol. The third kappa shape index (κ3) is 3.29. The molecule has 1 N–H and O–H groups in total. The number of piperazine rings is 1. The Hall–Kier alpha value is -2.63. The molecule has 0 saturated carbocycles. The second-order valence-corrected chi connectivity index (χ2v) is 6.78. The van der Waals surface area contributed by atoms with Gasteiger partial charge in [-0.15, -0.1) is 0 Å². The van der Waals surface area contributed by atoms with E-state index in [0.717, 1.165) is 23.9 Å². The van der Waals surface area contributed by atoms with E-state index in [9.17, 15) is 9.59 Å². The van der Waals surface area contributed by atoms with Gasteiger partial charge in [-0.1, -0.05) is 12.2 Å². The molecule has 1 fully saturated rings. The van der Waals surface area contributed by atoms with Crippen LogP contribution in [0.5, 0.6) is 0 Å². The number of hydrogen-bond donors (Lipinski definition) is 1. The first-order valence-electron chi connectivity index (χ1n) is 8.87. The number of nitrogens with zero attached hydrogens (tertiary/aromatic N) is 3. The minimum atomic E-state index is 0.0160. The van der Waals surface area contributed by atoms with Crippen LogP contribution in [-0.4, -0.2) is 57.8 Å². The van der Waals surface area contributed by atoms with Crippen LogP contribution in [0.2, 0.25) is 0 Å². The van der Waals surface area contributed by atoms with Crippen molar-refractivity contribution in [1.29, 1.82) is 0 Å². The fourth-order valence-electron chi connectivity index (χ4n) is 3.63. The fraction of sp³-hybridized carbons (Fsp3) is 0.421. The van der Waals surface area contributed by atoms with Gasteiger partial charge in [0.15, 0.2) is 0 Å². The largest absolute Gasteiger partial charge is 0.345 e. The minimum absolute atomic E-state index is 0.0160. The van der Waals surface area contributed by atoms with Crippen LogP contribution in [0.1, 0.15) is 29.6 Å². The van der Waals surface area contributed by atoms with E-state index in [1.807, 2.05) is 28.0 Å². The molecule has 1 aliphatic carbocycles. The molecule has 1 atom stereocenters. The summed E-state index contributed by atoms with van der Waals surface area (Å²) in [6.45, 7) is 2.42. The summed E-state index contributed by atoms with van der Waals surface area (Å²) in [6.07, 6.45) is 8.71. The number of hydrogen-bond acceptors (Lipinski definition) is 3. The third-order valence-corrected chi connectivity index (χ3v) is 5.14. The number of carbonyl (C=O) groups is 2. The van der Waals surface area contributed by atoms with E-state index < -0.39 is 0 Å². The topological polar surface area (TPSA) is 69.3 Å². The maximum atomic E-state index is 12.7. The molecule has 2 aromatic rings. The van der Waals surface area contributed by atoms with Gasteiger partial charge in [0.2, 0.25) is 5.91 Å². The van der Waals surface area contributed by atoms with Gasteiger partial charge < -0.3 is 14.8 Å². The molecule has 2 heterocycles. The molecule has 0 spiro atoms. The number of fused-ring (bicyclic) bond motifs is 1. The van der Waals surface area contributed by atoms with Gasteiger partial charge in [0.1, 0.15) is 0 Å². The molecule has 25 heavy (non-hydrogen) atoms. The smallest absolute Gasteiger partial charge is 0.254 e. The summed E-state index contributed by atoms with van der Waals surface area (Å²) in [5.41, 5.74) is 2.38. The number of aromatic amines is 1. The van der Waals surface area contributed by atoms with Crippen molar-refractivity contribution in [3.8, 4) is 0 Å². The second kappa shape index (κ2) is 6.70. The monoisotopic (exact) mass is 338 g/mol. The molecule has 0 bridgehead atoms. The molecule has 4 rings (SSSR count). The van der Waals surface area contributed by atoms with Gasteiger partial charge in [-0.25, -0.2) is 4.98 Å². The van der Waals surface area contributed by atoms with Crippen LogP contribution in [0.4, 0.5) is 0 Å². The lowest BCUT2D eigenvalue weighted by atomic mass is 10.0.